The molecular formula is C12H12N2O3S. The Kier molecular flexibility index (Phi) is 3.47. The molecule has 0 aliphatic heterocycles. The summed E-state index contributed by atoms with van der Waals surface area (Å²) in [6.45, 7) is 1.74. The molecule has 0 aliphatic carbocycles. The van der Waals surface area contributed by atoms with Gasteiger partial charge in [-0.3, -0.25) is 4.79 Å². The molecule has 0 spiro atoms. The summed E-state index contributed by atoms with van der Waals surface area (Å²) in [7, 11) is 0. The number of carboxylic acid groups (broad SMARTS) is 1. The molecule has 1 amide bonds. The number of anilines is 1. The number of carbonyl (C=O) groups is 2. The lowest BCUT2D eigenvalue weighted by Crippen LogP contribution is -2.15. The Morgan fingerprint density at radius 2 is 2.28 bits per heavy atom. The summed E-state index contributed by atoms with van der Waals surface area (Å²) in [5, 5.41) is 13.5. The third kappa shape index (κ3) is 2.78. The van der Waals surface area contributed by atoms with Gasteiger partial charge >= 0.3 is 5.97 Å². The second-order valence-corrected chi connectivity index (χ2v) is 4.88. The molecule has 5 nitrogen and oxygen atoms in total. The molecule has 3 N–H and O–H groups in total. The molecule has 0 fully saturated rings. The monoisotopic (exact) mass is 264 g/mol. The molecule has 0 aliphatic rings. The smallest absolute Gasteiger partial charge is 0.354 e. The van der Waals surface area contributed by atoms with E-state index in [4.69, 9.17) is 5.11 Å². The van der Waals surface area contributed by atoms with Gasteiger partial charge in [-0.25, -0.2) is 4.79 Å². The van der Waals surface area contributed by atoms with Crippen molar-refractivity contribution in [2.24, 2.45) is 0 Å². The number of aromatic nitrogens is 1. The lowest BCUT2D eigenvalue weighted by Gasteiger charge is -2.03. The zero-order valence-corrected chi connectivity index (χ0v) is 10.5. The second-order valence-electron chi connectivity index (χ2n) is 3.85. The molecule has 2 aromatic rings. The normalized spacial score (nSPS) is 10.3. The van der Waals surface area contributed by atoms with E-state index >= 15 is 0 Å². The Hall–Kier alpha value is -2.08. The van der Waals surface area contributed by atoms with E-state index in [2.05, 4.69) is 10.3 Å². The van der Waals surface area contributed by atoms with Crippen LogP contribution in [0.15, 0.2) is 23.6 Å². The maximum atomic E-state index is 11.8. The number of hydrogen-bond acceptors (Lipinski definition) is 3. The van der Waals surface area contributed by atoms with Gasteiger partial charge in [0.2, 0.25) is 5.91 Å². The van der Waals surface area contributed by atoms with E-state index in [1.165, 1.54) is 11.3 Å². The third-order valence-electron chi connectivity index (χ3n) is 2.36. The molecule has 6 heteroatoms. The van der Waals surface area contributed by atoms with Crippen molar-refractivity contribution in [3.8, 4) is 0 Å². The number of nitrogens with one attached hydrogen (secondary N) is 2. The molecule has 0 bridgehead atoms. The maximum absolute atomic E-state index is 11.8. The summed E-state index contributed by atoms with van der Waals surface area (Å²) in [6.07, 6.45) is 0.251. The van der Waals surface area contributed by atoms with Gasteiger partial charge < -0.3 is 15.4 Å². The van der Waals surface area contributed by atoms with Crippen molar-refractivity contribution in [2.45, 2.75) is 13.3 Å². The van der Waals surface area contributed by atoms with Crippen LogP contribution in [0.4, 0.5) is 5.69 Å². The van der Waals surface area contributed by atoms with Crippen molar-refractivity contribution in [3.63, 3.8) is 0 Å². The molecule has 2 heterocycles. The van der Waals surface area contributed by atoms with E-state index in [-0.39, 0.29) is 18.0 Å². The van der Waals surface area contributed by atoms with Crippen LogP contribution in [-0.2, 0) is 11.2 Å². The summed E-state index contributed by atoms with van der Waals surface area (Å²) in [6, 6.07) is 5.34. The van der Waals surface area contributed by atoms with Gasteiger partial charge in [0.25, 0.3) is 0 Å². The highest BCUT2D eigenvalue weighted by molar-refractivity contribution is 7.10. The van der Waals surface area contributed by atoms with Crippen molar-refractivity contribution >= 4 is 28.9 Å². The van der Waals surface area contributed by atoms with Crippen LogP contribution in [0, 0.1) is 6.92 Å². The number of carboxylic acids is 1. The summed E-state index contributed by atoms with van der Waals surface area (Å²) in [5.74, 6) is -1.31. The Balaban J connectivity index is 2.09. The highest BCUT2D eigenvalue weighted by Gasteiger charge is 2.15. The summed E-state index contributed by atoms with van der Waals surface area (Å²) in [5.41, 5.74) is 1.01. The summed E-state index contributed by atoms with van der Waals surface area (Å²) < 4.78 is 0. The highest BCUT2D eigenvalue weighted by Crippen LogP contribution is 2.18. The predicted octanol–water partition coefficient (Wildman–Crippen LogP) is 2.26. The molecule has 0 atom stereocenters. The topological polar surface area (TPSA) is 82.2 Å². The van der Waals surface area contributed by atoms with Gasteiger partial charge in [0.15, 0.2) is 0 Å². The average molecular weight is 264 g/mol. The van der Waals surface area contributed by atoms with Gasteiger partial charge in [-0.1, -0.05) is 6.07 Å². The second kappa shape index (κ2) is 5.05. The first-order valence-corrected chi connectivity index (χ1v) is 6.19. The van der Waals surface area contributed by atoms with E-state index in [9.17, 15) is 9.59 Å². The van der Waals surface area contributed by atoms with Gasteiger partial charge in [0.1, 0.15) is 5.69 Å². The minimum absolute atomic E-state index is 0.00651. The molecule has 0 unspecified atom stereocenters. The summed E-state index contributed by atoms with van der Waals surface area (Å²) in [4.78, 5) is 26.3. The Morgan fingerprint density at radius 1 is 1.50 bits per heavy atom. The Labute approximate surface area is 107 Å². The molecule has 94 valence electrons. The SMILES string of the molecule is Cc1cc(NC(=O)Cc2cccs2)c(C(=O)O)[nH]1. The molecule has 18 heavy (non-hydrogen) atoms. The van der Waals surface area contributed by atoms with Gasteiger partial charge in [0.05, 0.1) is 12.1 Å². The van der Waals surface area contributed by atoms with Crippen molar-refractivity contribution in [2.75, 3.05) is 5.32 Å². The van der Waals surface area contributed by atoms with Crippen LogP contribution >= 0.6 is 11.3 Å². The van der Waals surface area contributed by atoms with Crippen LogP contribution in [-0.4, -0.2) is 22.0 Å². The van der Waals surface area contributed by atoms with Crippen LogP contribution in [0.3, 0.4) is 0 Å². The lowest BCUT2D eigenvalue weighted by atomic mass is 10.3. The van der Waals surface area contributed by atoms with Crippen LogP contribution < -0.4 is 5.32 Å². The Bertz CT molecular complexity index is 572. The first-order chi connectivity index (χ1) is 8.56. The number of carbonyl (C=O) groups excluding carboxylic acids is 1. The number of rotatable bonds is 4. The van der Waals surface area contributed by atoms with Gasteiger partial charge in [-0.15, -0.1) is 11.3 Å². The molecule has 2 rings (SSSR count). The van der Waals surface area contributed by atoms with E-state index in [0.29, 0.717) is 11.4 Å². The number of aryl methyl sites for hydroxylation is 1. The zero-order valence-electron chi connectivity index (χ0n) is 9.69. The van der Waals surface area contributed by atoms with Crippen LogP contribution in [0.25, 0.3) is 0 Å². The molecule has 0 saturated carbocycles. The fraction of sp³-hybridized carbons (Fsp3) is 0.167. The number of aromatic carboxylic acids is 1. The lowest BCUT2D eigenvalue weighted by molar-refractivity contribution is -0.115. The van der Waals surface area contributed by atoms with Crippen LogP contribution in [0.2, 0.25) is 0 Å². The molecular weight excluding hydrogens is 252 g/mol. The number of hydrogen-bond donors (Lipinski definition) is 3. The molecule has 2 aromatic heterocycles. The number of thiophene rings is 1. The first kappa shape index (κ1) is 12.4. The quantitative estimate of drug-likeness (QED) is 0.792. The maximum Gasteiger partial charge on any atom is 0.354 e. The number of amides is 1. The largest absolute Gasteiger partial charge is 0.477 e. The average Bonchev–Trinajstić information content (AvgIpc) is 2.88. The van der Waals surface area contributed by atoms with Crippen molar-refractivity contribution in [3.05, 3.63) is 39.8 Å². The van der Waals surface area contributed by atoms with Gasteiger partial charge in [-0.2, -0.15) is 0 Å². The fourth-order valence-corrected chi connectivity index (χ4v) is 2.33. The third-order valence-corrected chi connectivity index (χ3v) is 3.23. The molecule has 0 radical (unpaired) electrons. The van der Waals surface area contributed by atoms with Gasteiger partial charge in [-0.05, 0) is 24.4 Å². The fourth-order valence-electron chi connectivity index (χ4n) is 1.62. The minimum atomic E-state index is -1.09. The van der Waals surface area contributed by atoms with E-state index < -0.39 is 5.97 Å². The standard InChI is InChI=1S/C12H12N2O3S/c1-7-5-9(11(13-7)12(16)17)14-10(15)6-8-3-2-4-18-8/h2-5,13H,6H2,1H3,(H,14,15)(H,16,17). The van der Waals surface area contributed by atoms with Crippen molar-refractivity contribution < 1.29 is 14.7 Å². The highest BCUT2D eigenvalue weighted by atomic mass is 32.1. The molecule has 0 aromatic carbocycles. The zero-order chi connectivity index (χ0) is 13.1. The van der Waals surface area contributed by atoms with E-state index in [1.807, 2.05) is 17.5 Å². The van der Waals surface area contributed by atoms with Crippen LogP contribution in [0.5, 0.6) is 0 Å². The van der Waals surface area contributed by atoms with E-state index in [0.717, 1.165) is 4.88 Å². The van der Waals surface area contributed by atoms with E-state index in [1.54, 1.807) is 13.0 Å². The first-order valence-electron chi connectivity index (χ1n) is 5.31. The number of H-pyrrole nitrogens is 1. The molecule has 0 saturated heterocycles. The van der Waals surface area contributed by atoms with Crippen molar-refractivity contribution in [1.82, 2.24) is 4.98 Å². The minimum Gasteiger partial charge on any atom is -0.477 e. The van der Waals surface area contributed by atoms with Crippen LogP contribution in [0.1, 0.15) is 21.1 Å². The summed E-state index contributed by atoms with van der Waals surface area (Å²) >= 11 is 1.49. The van der Waals surface area contributed by atoms with Crippen molar-refractivity contribution in [1.29, 1.82) is 0 Å². The predicted molar refractivity (Wildman–Crippen MR) is 69.1 cm³/mol. The van der Waals surface area contributed by atoms with Gasteiger partial charge in [0, 0.05) is 10.6 Å². The Morgan fingerprint density at radius 3 is 2.89 bits per heavy atom. The number of aromatic amines is 1.